The van der Waals surface area contributed by atoms with Crippen molar-refractivity contribution in [1.82, 2.24) is 8.75 Å². The predicted molar refractivity (Wildman–Crippen MR) is 49.5 cm³/mol. The molecule has 0 unspecified atom stereocenters. The number of hydrogen-bond donors (Lipinski definition) is 1. The highest BCUT2D eigenvalue weighted by Crippen LogP contribution is 2.26. The standard InChI is InChI=1S/C6H4BrN3S/c7-3-1-2-4(8)6-5(3)9-11-10-6/h1-2H,8H2. The van der Waals surface area contributed by atoms with Crippen LogP contribution in [0.2, 0.25) is 0 Å². The molecule has 0 aliphatic rings. The normalized spacial score (nSPS) is 10.6. The summed E-state index contributed by atoms with van der Waals surface area (Å²) in [7, 11) is 0. The predicted octanol–water partition coefficient (Wildman–Crippen LogP) is 2.04. The first-order chi connectivity index (χ1) is 5.29. The van der Waals surface area contributed by atoms with E-state index in [9.17, 15) is 0 Å². The van der Waals surface area contributed by atoms with Crippen molar-refractivity contribution in [3.05, 3.63) is 16.6 Å². The van der Waals surface area contributed by atoms with Gasteiger partial charge in [-0.15, -0.1) is 0 Å². The zero-order valence-corrected chi connectivity index (χ0v) is 7.82. The quantitative estimate of drug-likeness (QED) is 0.704. The summed E-state index contributed by atoms with van der Waals surface area (Å²) in [5.41, 5.74) is 7.96. The van der Waals surface area contributed by atoms with Gasteiger partial charge in [0.15, 0.2) is 0 Å². The maximum Gasteiger partial charge on any atom is 0.128 e. The molecule has 1 aromatic carbocycles. The van der Waals surface area contributed by atoms with Gasteiger partial charge in [0, 0.05) is 4.47 Å². The second-order valence-electron chi connectivity index (χ2n) is 2.10. The van der Waals surface area contributed by atoms with Gasteiger partial charge in [0.25, 0.3) is 0 Å². The molecule has 0 saturated heterocycles. The number of nitrogens with zero attached hydrogens (tertiary/aromatic N) is 2. The number of rotatable bonds is 0. The third-order valence-electron chi connectivity index (χ3n) is 1.40. The Bertz CT molecular complexity index is 362. The van der Waals surface area contributed by atoms with Gasteiger partial charge in [-0.2, -0.15) is 8.75 Å². The van der Waals surface area contributed by atoms with Gasteiger partial charge in [0.2, 0.25) is 0 Å². The fraction of sp³-hybridized carbons (Fsp3) is 0. The highest BCUT2D eigenvalue weighted by Gasteiger charge is 2.04. The molecule has 0 aliphatic carbocycles. The van der Waals surface area contributed by atoms with Gasteiger partial charge >= 0.3 is 0 Å². The van der Waals surface area contributed by atoms with Crippen molar-refractivity contribution >= 4 is 44.4 Å². The maximum atomic E-state index is 5.65. The fourth-order valence-electron chi connectivity index (χ4n) is 0.855. The molecule has 0 spiro atoms. The van der Waals surface area contributed by atoms with Crippen molar-refractivity contribution in [3.63, 3.8) is 0 Å². The van der Waals surface area contributed by atoms with Crippen molar-refractivity contribution < 1.29 is 0 Å². The van der Waals surface area contributed by atoms with Crippen LogP contribution >= 0.6 is 27.7 Å². The molecule has 0 fully saturated rings. The maximum absolute atomic E-state index is 5.65. The van der Waals surface area contributed by atoms with Crippen molar-refractivity contribution in [2.45, 2.75) is 0 Å². The lowest BCUT2D eigenvalue weighted by molar-refractivity contribution is 1.60. The average Bonchev–Trinajstić information content (AvgIpc) is 2.45. The second-order valence-corrected chi connectivity index (χ2v) is 3.48. The third kappa shape index (κ3) is 1.00. The summed E-state index contributed by atoms with van der Waals surface area (Å²) in [4.78, 5) is 0. The minimum atomic E-state index is 0.678. The van der Waals surface area contributed by atoms with E-state index in [-0.39, 0.29) is 0 Å². The van der Waals surface area contributed by atoms with Crippen LogP contribution in [-0.2, 0) is 0 Å². The lowest BCUT2D eigenvalue weighted by Crippen LogP contribution is -1.85. The van der Waals surface area contributed by atoms with Gasteiger partial charge in [-0.25, -0.2) is 0 Å². The molecular weight excluding hydrogens is 226 g/mol. The Balaban J connectivity index is 2.96. The number of anilines is 1. The zero-order valence-electron chi connectivity index (χ0n) is 5.41. The molecule has 0 atom stereocenters. The van der Waals surface area contributed by atoms with Crippen LogP contribution in [0.25, 0.3) is 11.0 Å². The van der Waals surface area contributed by atoms with Crippen LogP contribution in [0.15, 0.2) is 16.6 Å². The summed E-state index contributed by atoms with van der Waals surface area (Å²) in [5, 5.41) is 0. The van der Waals surface area contributed by atoms with Crippen molar-refractivity contribution in [2.75, 3.05) is 5.73 Å². The Kier molecular flexibility index (Phi) is 1.54. The van der Waals surface area contributed by atoms with E-state index >= 15 is 0 Å². The summed E-state index contributed by atoms with van der Waals surface area (Å²) in [6, 6.07) is 3.69. The molecule has 0 aliphatic heterocycles. The molecule has 1 aromatic heterocycles. The summed E-state index contributed by atoms with van der Waals surface area (Å²) >= 11 is 4.53. The Morgan fingerprint density at radius 3 is 2.73 bits per heavy atom. The number of halogens is 1. The fourth-order valence-corrected chi connectivity index (χ4v) is 1.96. The van der Waals surface area contributed by atoms with Gasteiger partial charge in [0.05, 0.1) is 17.4 Å². The van der Waals surface area contributed by atoms with Crippen LogP contribution in [0.4, 0.5) is 5.69 Å². The SMILES string of the molecule is Nc1ccc(Br)c2nsnc12. The lowest BCUT2D eigenvalue weighted by Gasteiger charge is -1.93. The first kappa shape index (κ1) is 7.00. The van der Waals surface area contributed by atoms with E-state index in [2.05, 4.69) is 24.7 Å². The number of nitrogens with two attached hydrogens (primary N) is 1. The monoisotopic (exact) mass is 229 g/mol. The molecule has 0 saturated carbocycles. The minimum Gasteiger partial charge on any atom is -0.397 e. The first-order valence-corrected chi connectivity index (χ1v) is 4.47. The van der Waals surface area contributed by atoms with Gasteiger partial charge in [-0.1, -0.05) is 0 Å². The summed E-state index contributed by atoms with van der Waals surface area (Å²) in [6.45, 7) is 0. The van der Waals surface area contributed by atoms with E-state index in [0.717, 1.165) is 15.5 Å². The number of aromatic nitrogens is 2. The van der Waals surface area contributed by atoms with E-state index in [1.54, 1.807) is 0 Å². The second kappa shape index (κ2) is 2.42. The number of fused-ring (bicyclic) bond motifs is 1. The van der Waals surface area contributed by atoms with Crippen LogP contribution in [0.5, 0.6) is 0 Å². The van der Waals surface area contributed by atoms with Gasteiger partial charge in [-0.3, -0.25) is 0 Å². The third-order valence-corrected chi connectivity index (χ3v) is 2.57. The summed E-state index contributed by atoms with van der Waals surface area (Å²) < 4.78 is 9.08. The molecule has 3 nitrogen and oxygen atoms in total. The minimum absolute atomic E-state index is 0.678. The van der Waals surface area contributed by atoms with Gasteiger partial charge in [-0.05, 0) is 28.1 Å². The van der Waals surface area contributed by atoms with Crippen LogP contribution in [0.1, 0.15) is 0 Å². The number of nitrogen functional groups attached to an aromatic ring is 1. The Morgan fingerprint density at radius 1 is 1.27 bits per heavy atom. The molecule has 2 rings (SSSR count). The lowest BCUT2D eigenvalue weighted by atomic mass is 10.3. The molecule has 0 bridgehead atoms. The summed E-state index contributed by atoms with van der Waals surface area (Å²) in [5.74, 6) is 0. The molecular formula is C6H4BrN3S. The molecule has 5 heteroatoms. The van der Waals surface area contributed by atoms with Crippen LogP contribution in [0, 0.1) is 0 Å². The zero-order chi connectivity index (χ0) is 7.84. The molecule has 2 aromatic rings. The van der Waals surface area contributed by atoms with Crippen molar-refractivity contribution in [1.29, 1.82) is 0 Å². The van der Waals surface area contributed by atoms with E-state index < -0.39 is 0 Å². The molecule has 56 valence electrons. The molecule has 11 heavy (non-hydrogen) atoms. The molecule has 2 N–H and O–H groups in total. The Hall–Kier alpha value is -0.680. The summed E-state index contributed by atoms with van der Waals surface area (Å²) in [6.07, 6.45) is 0. The number of benzene rings is 1. The van der Waals surface area contributed by atoms with Crippen molar-refractivity contribution in [3.8, 4) is 0 Å². The topological polar surface area (TPSA) is 51.8 Å². The molecule has 0 radical (unpaired) electrons. The largest absolute Gasteiger partial charge is 0.397 e. The number of hydrogen-bond acceptors (Lipinski definition) is 4. The van der Waals surface area contributed by atoms with Gasteiger partial charge < -0.3 is 5.73 Å². The smallest absolute Gasteiger partial charge is 0.128 e. The van der Waals surface area contributed by atoms with Crippen LogP contribution < -0.4 is 5.73 Å². The van der Waals surface area contributed by atoms with E-state index in [0.29, 0.717) is 5.69 Å². The van der Waals surface area contributed by atoms with E-state index in [1.165, 1.54) is 11.7 Å². The Labute approximate surface area is 75.7 Å². The van der Waals surface area contributed by atoms with Crippen LogP contribution in [0.3, 0.4) is 0 Å². The highest BCUT2D eigenvalue weighted by atomic mass is 79.9. The first-order valence-electron chi connectivity index (χ1n) is 2.95. The van der Waals surface area contributed by atoms with E-state index in [1.807, 2.05) is 12.1 Å². The molecule has 0 amide bonds. The van der Waals surface area contributed by atoms with Crippen molar-refractivity contribution in [2.24, 2.45) is 0 Å². The average molecular weight is 230 g/mol. The van der Waals surface area contributed by atoms with Crippen LogP contribution in [-0.4, -0.2) is 8.75 Å². The Morgan fingerprint density at radius 2 is 2.00 bits per heavy atom. The van der Waals surface area contributed by atoms with E-state index in [4.69, 9.17) is 5.73 Å². The van der Waals surface area contributed by atoms with Gasteiger partial charge in [0.1, 0.15) is 11.0 Å². The molecule has 1 heterocycles. The highest BCUT2D eigenvalue weighted by molar-refractivity contribution is 9.10.